The summed E-state index contributed by atoms with van der Waals surface area (Å²) in [5.41, 5.74) is 1.22. The summed E-state index contributed by atoms with van der Waals surface area (Å²) in [5, 5.41) is 0. The lowest BCUT2D eigenvalue weighted by atomic mass is 10.2. The first-order valence-electron chi connectivity index (χ1n) is 3.03. The van der Waals surface area contributed by atoms with Crippen LogP contribution in [0.3, 0.4) is 0 Å². The van der Waals surface area contributed by atoms with E-state index in [1.807, 2.05) is 0 Å². The standard InChI is InChI=1S/C7H6ClNO2/c8-2-4-9-3-1-6(10)5-7(9)11/h1-4H,5H2/b4-2+. The SMILES string of the molecule is O=C1C=CN(/C=C/Cl)C(=O)C1. The summed E-state index contributed by atoms with van der Waals surface area (Å²) in [6, 6.07) is 0. The quantitative estimate of drug-likeness (QED) is 0.553. The summed E-state index contributed by atoms with van der Waals surface area (Å²) in [4.78, 5) is 22.8. The maximum absolute atomic E-state index is 10.9. The van der Waals surface area contributed by atoms with Gasteiger partial charge in [-0.1, -0.05) is 11.6 Å². The number of carbonyl (C=O) groups is 2. The third kappa shape index (κ3) is 1.91. The van der Waals surface area contributed by atoms with Crippen LogP contribution >= 0.6 is 11.6 Å². The Kier molecular flexibility index (Phi) is 2.44. The molecule has 0 bridgehead atoms. The average molecular weight is 172 g/mol. The largest absolute Gasteiger partial charge is 0.294 e. The minimum Gasteiger partial charge on any atom is -0.294 e. The number of allylic oxidation sites excluding steroid dienone is 1. The molecule has 0 radical (unpaired) electrons. The molecule has 1 rings (SSSR count). The number of hydrogen-bond donors (Lipinski definition) is 0. The van der Waals surface area contributed by atoms with Crippen LogP contribution in [0, 0.1) is 0 Å². The first kappa shape index (κ1) is 8.01. The first-order valence-corrected chi connectivity index (χ1v) is 3.47. The number of hydrogen-bond acceptors (Lipinski definition) is 2. The monoisotopic (exact) mass is 171 g/mol. The molecule has 1 aliphatic rings. The number of amides is 1. The molecule has 4 heteroatoms. The van der Waals surface area contributed by atoms with Gasteiger partial charge in [-0.05, 0) is 6.08 Å². The molecule has 58 valence electrons. The maximum atomic E-state index is 10.9. The van der Waals surface area contributed by atoms with E-state index in [1.54, 1.807) is 0 Å². The maximum Gasteiger partial charge on any atom is 0.238 e. The van der Waals surface area contributed by atoms with Crippen molar-refractivity contribution in [1.82, 2.24) is 4.90 Å². The van der Waals surface area contributed by atoms with E-state index in [9.17, 15) is 9.59 Å². The van der Waals surface area contributed by atoms with Gasteiger partial charge in [-0.2, -0.15) is 0 Å². The molecular weight excluding hydrogens is 166 g/mol. The fraction of sp³-hybridized carbons (Fsp3) is 0.143. The lowest BCUT2D eigenvalue weighted by Gasteiger charge is -2.15. The number of carbonyl (C=O) groups excluding carboxylic acids is 2. The van der Waals surface area contributed by atoms with E-state index in [2.05, 4.69) is 0 Å². The third-order valence-corrected chi connectivity index (χ3v) is 1.36. The molecule has 0 aromatic carbocycles. The fourth-order valence-corrected chi connectivity index (χ4v) is 0.861. The molecule has 3 nitrogen and oxygen atoms in total. The van der Waals surface area contributed by atoms with Crippen LogP contribution in [-0.2, 0) is 9.59 Å². The van der Waals surface area contributed by atoms with Crippen molar-refractivity contribution >= 4 is 23.3 Å². The molecule has 0 spiro atoms. The second-order valence-corrected chi connectivity index (χ2v) is 2.29. The van der Waals surface area contributed by atoms with Gasteiger partial charge in [0.2, 0.25) is 5.91 Å². The Hall–Kier alpha value is -1.09. The van der Waals surface area contributed by atoms with Crippen molar-refractivity contribution in [1.29, 1.82) is 0 Å². The lowest BCUT2D eigenvalue weighted by Crippen LogP contribution is -2.26. The van der Waals surface area contributed by atoms with Gasteiger partial charge in [0.15, 0.2) is 5.78 Å². The Labute approximate surface area is 68.9 Å². The van der Waals surface area contributed by atoms with Crippen molar-refractivity contribution in [3.8, 4) is 0 Å². The van der Waals surface area contributed by atoms with E-state index in [4.69, 9.17) is 11.6 Å². The van der Waals surface area contributed by atoms with Crippen LogP contribution < -0.4 is 0 Å². The van der Waals surface area contributed by atoms with Crippen molar-refractivity contribution in [2.24, 2.45) is 0 Å². The van der Waals surface area contributed by atoms with Gasteiger partial charge in [0.05, 0.1) is 6.42 Å². The van der Waals surface area contributed by atoms with Crippen molar-refractivity contribution < 1.29 is 9.59 Å². The molecule has 1 amide bonds. The van der Waals surface area contributed by atoms with E-state index in [1.165, 1.54) is 28.9 Å². The second-order valence-electron chi connectivity index (χ2n) is 2.03. The van der Waals surface area contributed by atoms with Crippen molar-refractivity contribution in [3.63, 3.8) is 0 Å². The summed E-state index contributed by atoms with van der Waals surface area (Å²) in [5.74, 6) is -0.427. The molecule has 0 N–H and O–H groups in total. The van der Waals surface area contributed by atoms with E-state index < -0.39 is 0 Å². The summed E-state index contributed by atoms with van der Waals surface area (Å²) in [6.45, 7) is 0. The van der Waals surface area contributed by atoms with Crippen molar-refractivity contribution in [2.75, 3.05) is 0 Å². The van der Waals surface area contributed by atoms with Gasteiger partial charge in [-0.25, -0.2) is 0 Å². The molecule has 0 aromatic rings. The average Bonchev–Trinajstić information content (AvgIpc) is 1.95. The van der Waals surface area contributed by atoms with E-state index in [0.717, 1.165) is 0 Å². The lowest BCUT2D eigenvalue weighted by molar-refractivity contribution is -0.131. The van der Waals surface area contributed by atoms with Gasteiger partial charge in [-0.3, -0.25) is 14.5 Å². The predicted molar refractivity (Wildman–Crippen MR) is 40.6 cm³/mol. The minimum atomic E-state index is -0.255. The van der Waals surface area contributed by atoms with E-state index >= 15 is 0 Å². The summed E-state index contributed by atoms with van der Waals surface area (Å²) >= 11 is 5.24. The Morgan fingerprint density at radius 2 is 2.27 bits per heavy atom. The zero-order chi connectivity index (χ0) is 8.27. The molecular formula is C7H6ClNO2. The van der Waals surface area contributed by atoms with Crippen LogP contribution in [-0.4, -0.2) is 16.6 Å². The Morgan fingerprint density at radius 1 is 1.55 bits per heavy atom. The Morgan fingerprint density at radius 3 is 2.82 bits per heavy atom. The van der Waals surface area contributed by atoms with Crippen LogP contribution in [0.5, 0.6) is 0 Å². The molecule has 1 aliphatic heterocycles. The van der Waals surface area contributed by atoms with Gasteiger partial charge >= 0.3 is 0 Å². The minimum absolute atomic E-state index is 0.0717. The smallest absolute Gasteiger partial charge is 0.238 e. The number of nitrogens with zero attached hydrogens (tertiary/aromatic N) is 1. The predicted octanol–water partition coefficient (Wildman–Crippen LogP) is 1.01. The molecule has 0 saturated carbocycles. The highest BCUT2D eigenvalue weighted by atomic mass is 35.5. The van der Waals surface area contributed by atoms with E-state index in [0.29, 0.717) is 0 Å². The van der Waals surface area contributed by atoms with Crippen LogP contribution in [0.2, 0.25) is 0 Å². The number of ketones is 1. The molecule has 0 saturated heterocycles. The van der Waals surface area contributed by atoms with Crippen molar-refractivity contribution in [3.05, 3.63) is 24.0 Å². The van der Waals surface area contributed by atoms with Gasteiger partial charge in [-0.15, -0.1) is 0 Å². The van der Waals surface area contributed by atoms with Crippen molar-refractivity contribution in [2.45, 2.75) is 6.42 Å². The zero-order valence-electron chi connectivity index (χ0n) is 5.66. The van der Waals surface area contributed by atoms with Gasteiger partial charge in [0.1, 0.15) is 0 Å². The van der Waals surface area contributed by atoms with Gasteiger partial charge in [0, 0.05) is 17.9 Å². The second kappa shape index (κ2) is 3.34. The van der Waals surface area contributed by atoms with Gasteiger partial charge < -0.3 is 0 Å². The van der Waals surface area contributed by atoms with Crippen LogP contribution in [0.1, 0.15) is 6.42 Å². The van der Waals surface area contributed by atoms with E-state index in [-0.39, 0.29) is 18.1 Å². The summed E-state index contributed by atoms with van der Waals surface area (Å²) < 4.78 is 0. The topological polar surface area (TPSA) is 37.4 Å². The highest BCUT2D eigenvalue weighted by molar-refractivity contribution is 6.25. The molecule has 11 heavy (non-hydrogen) atoms. The molecule has 0 fully saturated rings. The third-order valence-electron chi connectivity index (χ3n) is 1.25. The molecule has 0 atom stereocenters. The van der Waals surface area contributed by atoms with Gasteiger partial charge in [0.25, 0.3) is 0 Å². The Balaban J connectivity index is 2.76. The fourth-order valence-electron chi connectivity index (χ4n) is 0.739. The first-order chi connectivity index (χ1) is 5.24. The molecule has 0 aliphatic carbocycles. The highest BCUT2D eigenvalue weighted by Crippen LogP contribution is 2.05. The number of rotatable bonds is 1. The molecule has 0 aromatic heterocycles. The van der Waals surface area contributed by atoms with Crippen LogP contribution in [0.15, 0.2) is 24.0 Å². The normalized spacial score (nSPS) is 18.5. The highest BCUT2D eigenvalue weighted by Gasteiger charge is 2.16. The molecule has 0 unspecified atom stereocenters. The summed E-state index contributed by atoms with van der Waals surface area (Å²) in [7, 11) is 0. The Bertz CT molecular complexity index is 245. The van der Waals surface area contributed by atoms with Crippen LogP contribution in [0.4, 0.5) is 0 Å². The zero-order valence-corrected chi connectivity index (χ0v) is 6.41. The summed E-state index contributed by atoms with van der Waals surface area (Å²) in [6.07, 6.45) is 4.07. The molecule has 1 heterocycles. The van der Waals surface area contributed by atoms with Crippen LogP contribution in [0.25, 0.3) is 0 Å². The number of halogens is 1.